The van der Waals surface area contributed by atoms with Gasteiger partial charge in [0.2, 0.25) is 11.8 Å². The van der Waals surface area contributed by atoms with Crippen LogP contribution in [0.1, 0.15) is 44.3 Å². The Morgan fingerprint density at radius 1 is 1.21 bits per heavy atom. The lowest BCUT2D eigenvalue weighted by Gasteiger charge is -2.56. The van der Waals surface area contributed by atoms with Gasteiger partial charge in [-0.2, -0.15) is 0 Å². The van der Waals surface area contributed by atoms with E-state index in [1.807, 2.05) is 4.90 Å². The van der Waals surface area contributed by atoms with Crippen LogP contribution in [0.4, 0.5) is 5.82 Å². The lowest BCUT2D eigenvalue weighted by atomic mass is 9.49. The average molecular weight is 390 g/mol. The molecule has 7 heteroatoms. The van der Waals surface area contributed by atoms with E-state index >= 15 is 0 Å². The van der Waals surface area contributed by atoms with Gasteiger partial charge in [-0.25, -0.2) is 0 Å². The van der Waals surface area contributed by atoms with Crippen molar-refractivity contribution in [3.8, 4) is 0 Å². The number of amides is 2. The molecule has 7 nitrogen and oxygen atoms in total. The van der Waals surface area contributed by atoms with E-state index in [2.05, 4.69) is 24.6 Å². The number of carbonyl (C=O) groups is 2. The first-order valence-electron chi connectivity index (χ1n) is 10.6. The second-order valence-electron chi connectivity index (χ2n) is 9.75. The first-order chi connectivity index (χ1) is 13.3. The van der Waals surface area contributed by atoms with Crippen molar-refractivity contribution >= 4 is 17.6 Å². The van der Waals surface area contributed by atoms with Gasteiger partial charge in [-0.3, -0.25) is 9.59 Å². The third-order valence-corrected chi connectivity index (χ3v) is 6.89. The van der Waals surface area contributed by atoms with Crippen molar-refractivity contribution in [1.82, 2.24) is 10.1 Å². The highest BCUT2D eigenvalue weighted by molar-refractivity contribution is 5.94. The van der Waals surface area contributed by atoms with Crippen molar-refractivity contribution in [2.24, 2.45) is 23.2 Å². The lowest BCUT2D eigenvalue weighted by molar-refractivity contribution is -0.857. The fraction of sp³-hybridized carbons (Fsp3) is 0.762. The second-order valence-corrected chi connectivity index (χ2v) is 9.75. The summed E-state index contributed by atoms with van der Waals surface area (Å²) in [7, 11) is 4.15. The highest BCUT2D eigenvalue weighted by Crippen LogP contribution is 2.60. The standard InChI is InChI=1S/C21H32N4O3/c1-14-6-18(23-28-14)22-19(26)13-25(5-4-24(2)3)20(27)21-10-15-7-16(11-21)9-17(8-15)12-21/h6,15-17H,4-5,7-13H2,1-3H3,(H,22,23,26)/p+1. The van der Waals surface area contributed by atoms with Crippen LogP contribution >= 0.6 is 0 Å². The third kappa shape index (κ3) is 3.95. The minimum atomic E-state index is -0.221. The number of nitrogens with one attached hydrogen (secondary N) is 2. The highest BCUT2D eigenvalue weighted by Gasteiger charge is 2.55. The summed E-state index contributed by atoms with van der Waals surface area (Å²) >= 11 is 0. The van der Waals surface area contributed by atoms with Crippen molar-refractivity contribution in [3.63, 3.8) is 0 Å². The summed E-state index contributed by atoms with van der Waals surface area (Å²) in [5.41, 5.74) is -0.221. The number of anilines is 1. The normalized spacial score (nSPS) is 30.6. The van der Waals surface area contributed by atoms with Crippen LogP contribution in [0, 0.1) is 30.1 Å². The SMILES string of the molecule is Cc1cc(NC(=O)CN(CC[NH+](C)C)C(=O)C23CC4CC(CC(C4)C2)C3)no1. The molecule has 0 aromatic carbocycles. The smallest absolute Gasteiger partial charge is 0.245 e. The Kier molecular flexibility index (Phi) is 5.21. The maximum atomic E-state index is 13.7. The second kappa shape index (κ2) is 7.50. The summed E-state index contributed by atoms with van der Waals surface area (Å²) in [6.45, 7) is 3.30. The topological polar surface area (TPSA) is 79.9 Å². The average Bonchev–Trinajstić information content (AvgIpc) is 3.01. The van der Waals surface area contributed by atoms with Crippen molar-refractivity contribution in [2.75, 3.05) is 39.0 Å². The predicted molar refractivity (Wildman–Crippen MR) is 105 cm³/mol. The Balaban J connectivity index is 1.47. The number of rotatable bonds is 7. The molecule has 4 aliphatic rings. The number of aryl methyl sites for hydroxylation is 1. The summed E-state index contributed by atoms with van der Waals surface area (Å²) in [6.07, 6.45) is 6.98. The van der Waals surface area contributed by atoms with Crippen LogP contribution < -0.4 is 10.2 Å². The van der Waals surface area contributed by atoms with E-state index < -0.39 is 0 Å². The fourth-order valence-corrected chi connectivity index (χ4v) is 6.10. The van der Waals surface area contributed by atoms with Crippen LogP contribution in [0.5, 0.6) is 0 Å². The molecule has 0 spiro atoms. The maximum absolute atomic E-state index is 13.7. The van der Waals surface area contributed by atoms with Gasteiger partial charge in [0.25, 0.3) is 0 Å². The van der Waals surface area contributed by atoms with E-state index in [-0.39, 0.29) is 23.8 Å². The molecule has 154 valence electrons. The molecule has 0 atom stereocenters. The summed E-state index contributed by atoms with van der Waals surface area (Å²) in [4.78, 5) is 29.4. The Hall–Kier alpha value is -1.89. The number of hydrogen-bond acceptors (Lipinski definition) is 4. The molecule has 28 heavy (non-hydrogen) atoms. The van der Waals surface area contributed by atoms with Gasteiger partial charge < -0.3 is 19.6 Å². The van der Waals surface area contributed by atoms with Gasteiger partial charge in [-0.15, -0.1) is 0 Å². The minimum absolute atomic E-state index is 0.0831. The Morgan fingerprint density at radius 2 is 1.82 bits per heavy atom. The van der Waals surface area contributed by atoms with Gasteiger partial charge >= 0.3 is 0 Å². The molecule has 0 saturated heterocycles. The number of aromatic nitrogens is 1. The first kappa shape index (κ1) is 19.4. The molecule has 1 heterocycles. The predicted octanol–water partition coefficient (Wildman–Crippen LogP) is 1.11. The van der Waals surface area contributed by atoms with Crippen molar-refractivity contribution in [2.45, 2.75) is 45.4 Å². The molecule has 1 aromatic heterocycles. The summed E-state index contributed by atoms with van der Waals surface area (Å²) in [5.74, 6) is 3.19. The number of quaternary nitrogens is 1. The van der Waals surface area contributed by atoms with E-state index in [1.54, 1.807) is 13.0 Å². The molecule has 1 aromatic rings. The van der Waals surface area contributed by atoms with Crippen LogP contribution in [0.25, 0.3) is 0 Å². The molecular weight excluding hydrogens is 356 g/mol. The monoisotopic (exact) mass is 389 g/mol. The molecule has 2 N–H and O–H groups in total. The molecule has 5 rings (SSSR count). The van der Waals surface area contributed by atoms with Crippen molar-refractivity contribution in [1.29, 1.82) is 0 Å². The molecule has 4 aliphatic carbocycles. The highest BCUT2D eigenvalue weighted by atomic mass is 16.5. The van der Waals surface area contributed by atoms with Crippen LogP contribution in [0.3, 0.4) is 0 Å². The van der Waals surface area contributed by atoms with Crippen LogP contribution in [-0.4, -0.2) is 55.6 Å². The van der Waals surface area contributed by atoms with E-state index in [9.17, 15) is 9.59 Å². The summed E-state index contributed by atoms with van der Waals surface area (Å²) in [5, 5.41) is 6.59. The first-order valence-corrected chi connectivity index (χ1v) is 10.6. The number of carbonyl (C=O) groups excluding carboxylic acids is 2. The van der Waals surface area contributed by atoms with Gasteiger partial charge in [0.15, 0.2) is 5.82 Å². The quantitative estimate of drug-likeness (QED) is 0.732. The zero-order valence-corrected chi connectivity index (χ0v) is 17.3. The van der Waals surface area contributed by atoms with Crippen LogP contribution in [0.15, 0.2) is 10.6 Å². The molecule has 2 amide bonds. The third-order valence-electron chi connectivity index (χ3n) is 6.89. The number of likely N-dealkylation sites (N-methyl/N-ethyl adjacent to an activating group) is 1. The number of hydrogen-bond donors (Lipinski definition) is 2. The van der Waals surface area contributed by atoms with Crippen LogP contribution in [-0.2, 0) is 9.59 Å². The Morgan fingerprint density at radius 3 is 2.32 bits per heavy atom. The van der Waals surface area contributed by atoms with Crippen molar-refractivity contribution < 1.29 is 19.0 Å². The van der Waals surface area contributed by atoms with Crippen LogP contribution in [0.2, 0.25) is 0 Å². The van der Waals surface area contributed by atoms with Gasteiger partial charge in [-0.1, -0.05) is 5.16 Å². The largest absolute Gasteiger partial charge is 0.360 e. The van der Waals surface area contributed by atoms with Gasteiger partial charge in [0.05, 0.1) is 32.6 Å². The fourth-order valence-electron chi connectivity index (χ4n) is 6.10. The Labute approximate surface area is 166 Å². The number of nitrogens with zero attached hydrogens (tertiary/aromatic N) is 2. The zero-order chi connectivity index (χ0) is 19.9. The zero-order valence-electron chi connectivity index (χ0n) is 17.3. The molecular formula is C21H33N4O3+. The summed E-state index contributed by atoms with van der Waals surface area (Å²) in [6, 6.07) is 1.69. The maximum Gasteiger partial charge on any atom is 0.245 e. The molecule has 4 saturated carbocycles. The lowest BCUT2D eigenvalue weighted by Crippen LogP contribution is -3.06. The molecule has 0 unspecified atom stereocenters. The van der Waals surface area contributed by atoms with Gasteiger partial charge in [0.1, 0.15) is 12.3 Å². The van der Waals surface area contributed by atoms with E-state index in [0.717, 1.165) is 25.8 Å². The molecule has 0 radical (unpaired) electrons. The molecule has 0 aliphatic heterocycles. The van der Waals surface area contributed by atoms with Crippen molar-refractivity contribution in [3.05, 3.63) is 11.8 Å². The molecule has 4 fully saturated rings. The minimum Gasteiger partial charge on any atom is -0.360 e. The van der Waals surface area contributed by atoms with E-state index in [0.29, 0.717) is 35.9 Å². The van der Waals surface area contributed by atoms with Gasteiger partial charge in [0, 0.05) is 6.07 Å². The molecule has 4 bridgehead atoms. The van der Waals surface area contributed by atoms with Gasteiger partial charge in [-0.05, 0) is 63.2 Å². The Bertz CT molecular complexity index is 706. The summed E-state index contributed by atoms with van der Waals surface area (Å²) < 4.78 is 5.01. The van der Waals surface area contributed by atoms with E-state index in [1.165, 1.54) is 24.2 Å². The van der Waals surface area contributed by atoms with E-state index in [4.69, 9.17) is 4.52 Å².